The average molecular weight is 353 g/mol. The zero-order valence-corrected chi connectivity index (χ0v) is 15.2. The van der Waals surface area contributed by atoms with E-state index < -0.39 is 0 Å². The maximum Gasteiger partial charge on any atom is 0.132 e. The molecule has 3 rings (SSSR count). The fourth-order valence-corrected chi connectivity index (χ4v) is 3.45. The molecule has 3 heterocycles. The van der Waals surface area contributed by atoms with Crippen LogP contribution in [0, 0.1) is 6.92 Å². The quantitative estimate of drug-likeness (QED) is 0.590. The molecule has 0 amide bonds. The van der Waals surface area contributed by atoms with Gasteiger partial charge in [0, 0.05) is 12.4 Å². The van der Waals surface area contributed by atoms with Gasteiger partial charge in [0.05, 0.1) is 15.6 Å². The lowest BCUT2D eigenvalue weighted by Gasteiger charge is -2.06. The van der Waals surface area contributed by atoms with Gasteiger partial charge in [-0.2, -0.15) is 0 Å². The lowest BCUT2D eigenvalue weighted by Crippen LogP contribution is -1.98. The summed E-state index contributed by atoms with van der Waals surface area (Å²) in [6, 6.07) is 9.94. The number of hydrogen-bond acceptors (Lipinski definition) is 6. The maximum atomic E-state index is 5.53. The zero-order valence-electron chi connectivity index (χ0n) is 14.4. The molecule has 0 aliphatic rings. The highest BCUT2D eigenvalue weighted by Crippen LogP contribution is 2.27. The number of nitrogens with two attached hydrogens (primary N) is 1. The van der Waals surface area contributed by atoms with Crippen molar-refractivity contribution >= 4 is 23.0 Å². The second-order valence-corrected chi connectivity index (χ2v) is 7.08. The Balaban J connectivity index is 1.68. The van der Waals surface area contributed by atoms with Gasteiger partial charge in [0.1, 0.15) is 11.6 Å². The van der Waals surface area contributed by atoms with Crippen molar-refractivity contribution in [3.63, 3.8) is 0 Å². The van der Waals surface area contributed by atoms with Crippen molar-refractivity contribution < 1.29 is 0 Å². The molecule has 3 aromatic rings. The number of thiazole rings is 1. The number of unbranched alkanes of at least 4 members (excludes halogenated alkanes) is 2. The minimum absolute atomic E-state index is 0.766. The Hall–Kier alpha value is -2.31. The smallest absolute Gasteiger partial charge is 0.132 e. The van der Waals surface area contributed by atoms with Crippen LogP contribution in [0.15, 0.2) is 42.7 Å². The molecule has 25 heavy (non-hydrogen) atoms. The summed E-state index contributed by atoms with van der Waals surface area (Å²) >= 11 is 1.71. The van der Waals surface area contributed by atoms with Crippen LogP contribution in [-0.2, 0) is 6.42 Å². The minimum atomic E-state index is 0.766. The Morgan fingerprint density at radius 1 is 1.08 bits per heavy atom. The van der Waals surface area contributed by atoms with Crippen molar-refractivity contribution in [1.82, 2.24) is 15.0 Å². The van der Waals surface area contributed by atoms with Gasteiger partial charge < -0.3 is 11.1 Å². The minimum Gasteiger partial charge on any atom is -0.330 e. The number of aryl methyl sites for hydroxylation is 2. The molecule has 0 aliphatic carbocycles. The molecule has 0 saturated carbocycles. The van der Waals surface area contributed by atoms with E-state index in [-0.39, 0.29) is 0 Å². The summed E-state index contributed by atoms with van der Waals surface area (Å²) in [4.78, 5) is 14.6. The molecule has 3 N–H and O–H groups in total. The number of anilines is 2. The van der Waals surface area contributed by atoms with Crippen molar-refractivity contribution in [1.29, 1.82) is 0 Å². The summed E-state index contributed by atoms with van der Waals surface area (Å²) in [5, 5.41) is 4.42. The van der Waals surface area contributed by atoms with E-state index in [1.807, 2.05) is 43.5 Å². The third kappa shape index (κ3) is 5.08. The fraction of sp³-hybridized carbons (Fsp3) is 0.316. The van der Waals surface area contributed by atoms with Crippen LogP contribution in [0.5, 0.6) is 0 Å². The van der Waals surface area contributed by atoms with Gasteiger partial charge >= 0.3 is 0 Å². The standard InChI is InChI=1S/C19H23N5S/c1-14-9-11-21-18(12-14)24-17-7-5-6-15(23-17)16-13-22-19(25-16)8-3-2-4-10-20/h5-7,9,11-13H,2-4,8,10,20H2,1H3,(H,21,23,24). The summed E-state index contributed by atoms with van der Waals surface area (Å²) in [7, 11) is 0. The van der Waals surface area contributed by atoms with E-state index in [1.54, 1.807) is 17.5 Å². The molecule has 0 atom stereocenters. The predicted molar refractivity (Wildman–Crippen MR) is 104 cm³/mol. The molecular formula is C19H23N5S. The normalized spacial score (nSPS) is 10.8. The molecule has 0 spiro atoms. The van der Waals surface area contributed by atoms with Gasteiger partial charge in [-0.15, -0.1) is 11.3 Å². The number of nitrogens with one attached hydrogen (secondary N) is 1. The van der Waals surface area contributed by atoms with Crippen LogP contribution in [-0.4, -0.2) is 21.5 Å². The van der Waals surface area contributed by atoms with E-state index in [1.165, 1.54) is 0 Å². The lowest BCUT2D eigenvalue weighted by atomic mass is 10.2. The monoisotopic (exact) mass is 353 g/mol. The van der Waals surface area contributed by atoms with Gasteiger partial charge in [-0.05, 0) is 62.6 Å². The number of hydrogen-bond donors (Lipinski definition) is 2. The van der Waals surface area contributed by atoms with Crippen LogP contribution in [0.3, 0.4) is 0 Å². The third-order valence-corrected chi connectivity index (χ3v) is 4.90. The highest BCUT2D eigenvalue weighted by atomic mass is 32.1. The maximum absolute atomic E-state index is 5.53. The van der Waals surface area contributed by atoms with Gasteiger partial charge in [-0.1, -0.05) is 12.5 Å². The molecule has 130 valence electrons. The van der Waals surface area contributed by atoms with Crippen LogP contribution in [0.1, 0.15) is 29.8 Å². The molecule has 0 radical (unpaired) electrons. The Morgan fingerprint density at radius 3 is 2.84 bits per heavy atom. The van der Waals surface area contributed by atoms with Crippen LogP contribution in [0.4, 0.5) is 11.6 Å². The Morgan fingerprint density at radius 2 is 2.00 bits per heavy atom. The van der Waals surface area contributed by atoms with Gasteiger partial charge in [-0.3, -0.25) is 0 Å². The molecule has 6 heteroatoms. The average Bonchev–Trinajstić information content (AvgIpc) is 3.08. The first-order chi connectivity index (χ1) is 12.2. The summed E-state index contributed by atoms with van der Waals surface area (Å²) in [6.07, 6.45) is 8.10. The highest BCUT2D eigenvalue weighted by Gasteiger charge is 2.07. The van der Waals surface area contributed by atoms with E-state index in [9.17, 15) is 0 Å². The topological polar surface area (TPSA) is 76.7 Å². The third-order valence-electron chi connectivity index (χ3n) is 3.82. The van der Waals surface area contributed by atoms with E-state index in [2.05, 4.69) is 15.3 Å². The van der Waals surface area contributed by atoms with Crippen molar-refractivity contribution in [3.05, 3.63) is 53.3 Å². The number of rotatable bonds is 8. The number of nitrogens with zero attached hydrogens (tertiary/aromatic N) is 3. The van der Waals surface area contributed by atoms with Crippen molar-refractivity contribution in [2.45, 2.75) is 32.6 Å². The van der Waals surface area contributed by atoms with Gasteiger partial charge in [-0.25, -0.2) is 15.0 Å². The van der Waals surface area contributed by atoms with Crippen molar-refractivity contribution in [2.75, 3.05) is 11.9 Å². The molecule has 0 bridgehead atoms. The first-order valence-corrected chi connectivity index (χ1v) is 9.38. The second kappa shape index (κ2) is 8.69. The van der Waals surface area contributed by atoms with Gasteiger partial charge in [0.25, 0.3) is 0 Å². The van der Waals surface area contributed by atoms with Crippen LogP contribution in [0.25, 0.3) is 10.6 Å². The molecule has 3 aromatic heterocycles. The molecule has 0 unspecified atom stereocenters. The van der Waals surface area contributed by atoms with Gasteiger partial charge in [0.15, 0.2) is 0 Å². The lowest BCUT2D eigenvalue weighted by molar-refractivity contribution is 0.685. The second-order valence-electron chi connectivity index (χ2n) is 5.97. The summed E-state index contributed by atoms with van der Waals surface area (Å²) in [6.45, 7) is 2.81. The highest BCUT2D eigenvalue weighted by molar-refractivity contribution is 7.15. The van der Waals surface area contributed by atoms with Crippen molar-refractivity contribution in [3.8, 4) is 10.6 Å². The van der Waals surface area contributed by atoms with E-state index in [0.717, 1.165) is 65.0 Å². The summed E-state index contributed by atoms with van der Waals surface area (Å²) in [5.74, 6) is 1.59. The first kappa shape index (κ1) is 17.5. The zero-order chi connectivity index (χ0) is 17.5. The molecular weight excluding hydrogens is 330 g/mol. The van der Waals surface area contributed by atoms with Crippen LogP contribution < -0.4 is 11.1 Å². The SMILES string of the molecule is Cc1ccnc(Nc2cccc(-c3cnc(CCCCCN)s3)n2)c1. The van der Waals surface area contributed by atoms with E-state index in [4.69, 9.17) is 10.7 Å². The number of pyridine rings is 2. The van der Waals surface area contributed by atoms with E-state index >= 15 is 0 Å². The fourth-order valence-electron chi connectivity index (χ4n) is 2.52. The van der Waals surface area contributed by atoms with E-state index in [0.29, 0.717) is 0 Å². The predicted octanol–water partition coefficient (Wildman–Crippen LogP) is 4.32. The van der Waals surface area contributed by atoms with Gasteiger partial charge in [0.2, 0.25) is 0 Å². The largest absolute Gasteiger partial charge is 0.330 e. The molecule has 0 aromatic carbocycles. The van der Waals surface area contributed by atoms with Crippen LogP contribution in [0.2, 0.25) is 0 Å². The number of aromatic nitrogens is 3. The molecule has 0 aliphatic heterocycles. The Bertz CT molecular complexity index is 815. The summed E-state index contributed by atoms with van der Waals surface area (Å²) < 4.78 is 0. The Labute approximate surface area is 152 Å². The molecule has 5 nitrogen and oxygen atoms in total. The molecule has 0 saturated heterocycles. The van der Waals surface area contributed by atoms with Crippen molar-refractivity contribution in [2.24, 2.45) is 5.73 Å². The summed E-state index contributed by atoms with van der Waals surface area (Å²) in [5.41, 5.74) is 7.63. The Kier molecular flexibility index (Phi) is 6.09. The van der Waals surface area contributed by atoms with Crippen LogP contribution >= 0.6 is 11.3 Å². The first-order valence-electron chi connectivity index (χ1n) is 8.56. The molecule has 0 fully saturated rings.